The predicted molar refractivity (Wildman–Crippen MR) is 125 cm³/mol. The maximum atomic E-state index is 13.1. The second-order valence-electron chi connectivity index (χ2n) is 7.71. The number of urea groups is 1. The van der Waals surface area contributed by atoms with E-state index in [1.54, 1.807) is 35.8 Å². The molecular weight excluding hydrogens is 468 g/mol. The van der Waals surface area contributed by atoms with E-state index < -0.39 is 26.5 Å². The fourth-order valence-electron chi connectivity index (χ4n) is 3.83. The normalized spacial score (nSPS) is 19.3. The maximum absolute atomic E-state index is 13.1. The molecule has 0 unspecified atom stereocenters. The fourth-order valence-corrected chi connectivity index (χ4v) is 7.60. The Kier molecular flexibility index (Phi) is 7.72. The molecule has 3 rings (SSSR count). The summed E-state index contributed by atoms with van der Waals surface area (Å²) in [6.45, 7) is -0.158. The van der Waals surface area contributed by atoms with Gasteiger partial charge in [0.25, 0.3) is 0 Å². The van der Waals surface area contributed by atoms with Gasteiger partial charge in [0.05, 0.1) is 18.7 Å². The minimum Gasteiger partial charge on any atom is -0.358 e. The van der Waals surface area contributed by atoms with Crippen molar-refractivity contribution < 1.29 is 28.0 Å². The van der Waals surface area contributed by atoms with Gasteiger partial charge in [0, 0.05) is 22.5 Å². The van der Waals surface area contributed by atoms with E-state index in [0.717, 1.165) is 10.4 Å². The number of carbonyl (C=O) groups excluding carboxylic acids is 3. The van der Waals surface area contributed by atoms with Gasteiger partial charge in [-0.25, -0.2) is 18.7 Å². The van der Waals surface area contributed by atoms with Crippen LogP contribution >= 0.6 is 11.3 Å². The van der Waals surface area contributed by atoms with Crippen molar-refractivity contribution in [2.75, 3.05) is 24.7 Å². The molecule has 5 N–H and O–H groups in total. The third-order valence-corrected chi connectivity index (χ3v) is 9.61. The second-order valence-corrected chi connectivity index (χ2v) is 11.2. The van der Waals surface area contributed by atoms with Gasteiger partial charge in [0.1, 0.15) is 4.75 Å². The van der Waals surface area contributed by atoms with Gasteiger partial charge in [0.15, 0.2) is 9.84 Å². The van der Waals surface area contributed by atoms with Crippen molar-refractivity contribution in [1.29, 1.82) is 0 Å². The van der Waals surface area contributed by atoms with Crippen molar-refractivity contribution in [1.82, 2.24) is 16.1 Å². The van der Waals surface area contributed by atoms with Crippen LogP contribution in [0.25, 0.3) is 10.4 Å². The third-order valence-electron chi connectivity index (χ3n) is 5.56. The summed E-state index contributed by atoms with van der Waals surface area (Å²) in [7, 11) is -2.14. The molecule has 178 valence electrons. The van der Waals surface area contributed by atoms with Crippen LogP contribution in [0.2, 0.25) is 0 Å². The lowest BCUT2D eigenvalue weighted by Gasteiger charge is -2.35. The molecule has 1 atom stereocenters. The molecule has 33 heavy (non-hydrogen) atoms. The van der Waals surface area contributed by atoms with E-state index in [0.29, 0.717) is 29.8 Å². The number of anilines is 1. The fraction of sp³-hybridized carbons (Fsp3) is 0.381. The number of nitrogens with one attached hydrogen (secondary N) is 4. The molecular formula is C21H26N4O6S2. The van der Waals surface area contributed by atoms with Gasteiger partial charge in [-0.05, 0) is 42.7 Å². The molecule has 1 fully saturated rings. The minimum atomic E-state index is -3.61. The van der Waals surface area contributed by atoms with Gasteiger partial charge < -0.3 is 16.0 Å². The summed E-state index contributed by atoms with van der Waals surface area (Å²) < 4.78 is 24.8. The van der Waals surface area contributed by atoms with Crippen molar-refractivity contribution >= 4 is 44.7 Å². The summed E-state index contributed by atoms with van der Waals surface area (Å²) in [5, 5.41) is 16.5. The van der Waals surface area contributed by atoms with E-state index >= 15 is 0 Å². The lowest BCUT2D eigenvalue weighted by Crippen LogP contribution is -2.43. The zero-order chi connectivity index (χ0) is 24.1. The highest BCUT2D eigenvalue weighted by atomic mass is 32.2. The Hall–Kier alpha value is -2.96. The highest BCUT2D eigenvalue weighted by molar-refractivity contribution is 7.92. The van der Waals surface area contributed by atoms with E-state index in [2.05, 4.69) is 16.0 Å². The molecule has 4 amide bonds. The molecule has 1 aliphatic heterocycles. The summed E-state index contributed by atoms with van der Waals surface area (Å²) in [4.78, 5) is 36.6. The lowest BCUT2D eigenvalue weighted by molar-refractivity contribution is -0.130. The van der Waals surface area contributed by atoms with E-state index in [-0.39, 0.29) is 24.6 Å². The predicted octanol–water partition coefficient (Wildman–Crippen LogP) is 1.97. The number of rotatable bonds is 7. The summed E-state index contributed by atoms with van der Waals surface area (Å²) >= 11 is 1.27. The summed E-state index contributed by atoms with van der Waals surface area (Å²) in [6, 6.07) is 9.95. The van der Waals surface area contributed by atoms with Crippen LogP contribution in [0.1, 0.15) is 30.6 Å². The minimum absolute atomic E-state index is 0.0104. The quantitative estimate of drug-likeness (QED) is 0.293. The number of hydroxylamine groups is 1. The second kappa shape index (κ2) is 10.3. The van der Waals surface area contributed by atoms with Crippen LogP contribution in [-0.2, 0) is 24.2 Å². The number of amides is 4. The Morgan fingerprint density at radius 1 is 1.12 bits per heavy atom. The van der Waals surface area contributed by atoms with Crippen LogP contribution in [0.3, 0.4) is 0 Å². The first-order chi connectivity index (χ1) is 15.7. The van der Waals surface area contributed by atoms with Gasteiger partial charge in [-0.2, -0.15) is 0 Å². The van der Waals surface area contributed by atoms with Crippen LogP contribution in [0.15, 0.2) is 36.4 Å². The molecule has 0 saturated carbocycles. The first-order valence-corrected chi connectivity index (χ1v) is 12.8. The lowest BCUT2D eigenvalue weighted by atomic mass is 9.94. The number of sulfone groups is 1. The first-order valence-electron chi connectivity index (χ1n) is 10.3. The monoisotopic (exact) mass is 494 g/mol. The standard InChI is InChI=1S/C21H26N4O6S2/c1-22-19(27)13-23-20(28)24-15-6-4-5-14(11-15)16-7-8-17(32-16)21(12-18(26)25-29)9-2-3-10-33(21,30)31/h4-8,11,29H,2-3,9-10,12-13H2,1H3,(H,22,27)(H,25,26)(H2,23,24,28)/t21-/m0/s1. The Balaban J connectivity index is 1.85. The van der Waals surface area contributed by atoms with Crippen molar-refractivity contribution in [2.24, 2.45) is 0 Å². The maximum Gasteiger partial charge on any atom is 0.319 e. The molecule has 0 aliphatic carbocycles. The largest absolute Gasteiger partial charge is 0.358 e. The molecule has 12 heteroatoms. The molecule has 1 aromatic carbocycles. The average Bonchev–Trinajstić information content (AvgIpc) is 3.29. The molecule has 0 spiro atoms. The molecule has 0 bridgehead atoms. The number of likely N-dealkylation sites (N-methyl/N-ethyl adjacent to an activating group) is 1. The Morgan fingerprint density at radius 2 is 1.91 bits per heavy atom. The van der Waals surface area contributed by atoms with E-state index in [1.807, 2.05) is 6.07 Å². The average molecular weight is 495 g/mol. The highest BCUT2D eigenvalue weighted by Crippen LogP contribution is 2.47. The smallest absolute Gasteiger partial charge is 0.319 e. The van der Waals surface area contributed by atoms with Gasteiger partial charge >= 0.3 is 6.03 Å². The van der Waals surface area contributed by atoms with E-state index in [1.165, 1.54) is 18.4 Å². The van der Waals surface area contributed by atoms with Crippen LogP contribution in [0, 0.1) is 0 Å². The van der Waals surface area contributed by atoms with Crippen molar-refractivity contribution in [2.45, 2.75) is 30.4 Å². The Bertz CT molecular complexity index is 1150. The molecule has 1 aliphatic rings. The van der Waals surface area contributed by atoms with Crippen LogP contribution in [0.5, 0.6) is 0 Å². The Morgan fingerprint density at radius 3 is 2.61 bits per heavy atom. The summed E-state index contributed by atoms with van der Waals surface area (Å²) in [5.41, 5.74) is 2.81. The number of benzene rings is 1. The molecule has 1 aromatic heterocycles. The van der Waals surface area contributed by atoms with E-state index in [9.17, 15) is 22.8 Å². The molecule has 1 saturated heterocycles. The summed E-state index contributed by atoms with van der Waals surface area (Å²) in [6.07, 6.45) is 1.16. The number of hydrogen-bond acceptors (Lipinski definition) is 7. The third kappa shape index (κ3) is 5.52. The molecule has 2 heterocycles. The zero-order valence-corrected chi connectivity index (χ0v) is 19.6. The molecule has 0 radical (unpaired) electrons. The molecule has 2 aromatic rings. The summed E-state index contributed by atoms with van der Waals surface area (Å²) in [5.74, 6) is -1.08. The molecule has 10 nitrogen and oxygen atoms in total. The van der Waals surface area contributed by atoms with Crippen molar-refractivity contribution in [3.8, 4) is 10.4 Å². The highest BCUT2D eigenvalue weighted by Gasteiger charge is 2.49. The number of hydrogen-bond donors (Lipinski definition) is 5. The van der Waals surface area contributed by atoms with Gasteiger partial charge in [-0.3, -0.25) is 14.8 Å². The van der Waals surface area contributed by atoms with Crippen molar-refractivity contribution in [3.05, 3.63) is 41.3 Å². The van der Waals surface area contributed by atoms with Gasteiger partial charge in [-0.15, -0.1) is 11.3 Å². The van der Waals surface area contributed by atoms with Crippen LogP contribution < -0.4 is 21.4 Å². The first kappa shape index (κ1) is 24.7. The van der Waals surface area contributed by atoms with Crippen molar-refractivity contribution in [3.63, 3.8) is 0 Å². The van der Waals surface area contributed by atoms with Gasteiger partial charge in [0.2, 0.25) is 11.8 Å². The van der Waals surface area contributed by atoms with Crippen LogP contribution in [-0.4, -0.2) is 50.8 Å². The van der Waals surface area contributed by atoms with Crippen LogP contribution in [0.4, 0.5) is 10.5 Å². The van der Waals surface area contributed by atoms with E-state index in [4.69, 9.17) is 5.21 Å². The number of carbonyl (C=O) groups is 3. The Labute approximate surface area is 195 Å². The SMILES string of the molecule is CNC(=O)CNC(=O)Nc1cccc(-c2ccc([C@@]3(CC(=O)NO)CCCCS3(=O)=O)s2)c1. The van der Waals surface area contributed by atoms with Gasteiger partial charge in [-0.1, -0.05) is 18.6 Å². The number of thiophene rings is 1. The topological polar surface area (TPSA) is 154 Å². The zero-order valence-electron chi connectivity index (χ0n) is 18.0.